The number of unbranched alkanes of at least 4 members (excludes halogenated alkanes) is 1. The lowest BCUT2D eigenvalue weighted by Gasteiger charge is -2.21. The smallest absolute Gasteiger partial charge is 0.0689 e. The first-order valence-corrected chi connectivity index (χ1v) is 6.61. The summed E-state index contributed by atoms with van der Waals surface area (Å²) in [5, 5.41) is 4.64. The van der Waals surface area contributed by atoms with Crippen LogP contribution in [-0.4, -0.2) is 29.5 Å². The molecule has 1 fully saturated rings. The molecule has 1 saturated heterocycles. The minimum atomic E-state index is 0.595. The number of nitrogens with zero attached hydrogens (tertiary/aromatic N) is 2. The normalized spacial score (nSPS) is 17.5. The Hall–Kier alpha value is -0.870. The molecule has 4 nitrogen and oxygen atoms in total. The van der Waals surface area contributed by atoms with Gasteiger partial charge >= 0.3 is 0 Å². The van der Waals surface area contributed by atoms with Crippen LogP contribution in [0.25, 0.3) is 0 Å². The summed E-state index contributed by atoms with van der Waals surface area (Å²) in [7, 11) is 2.01. The van der Waals surface area contributed by atoms with Gasteiger partial charge in [-0.2, -0.15) is 5.10 Å². The Balaban J connectivity index is 2.03. The second-order valence-corrected chi connectivity index (χ2v) is 4.85. The summed E-state index contributed by atoms with van der Waals surface area (Å²) >= 11 is 0. The molecule has 96 valence electrons. The van der Waals surface area contributed by atoms with E-state index >= 15 is 0 Å². The molecule has 2 N–H and O–H groups in total. The zero-order valence-corrected chi connectivity index (χ0v) is 10.7. The van der Waals surface area contributed by atoms with Crippen LogP contribution in [0.2, 0.25) is 0 Å². The van der Waals surface area contributed by atoms with E-state index in [1.807, 2.05) is 11.7 Å². The summed E-state index contributed by atoms with van der Waals surface area (Å²) in [6.07, 6.45) is 7.77. The lowest BCUT2D eigenvalue weighted by Crippen LogP contribution is -2.15. The third kappa shape index (κ3) is 3.30. The van der Waals surface area contributed by atoms with Crippen molar-refractivity contribution < 1.29 is 4.74 Å². The fourth-order valence-electron chi connectivity index (χ4n) is 2.52. The Morgan fingerprint density at radius 2 is 2.18 bits per heavy atom. The van der Waals surface area contributed by atoms with Crippen molar-refractivity contribution in [2.24, 2.45) is 12.8 Å². The first-order valence-electron chi connectivity index (χ1n) is 6.61. The van der Waals surface area contributed by atoms with Gasteiger partial charge < -0.3 is 10.5 Å². The van der Waals surface area contributed by atoms with Gasteiger partial charge in [-0.1, -0.05) is 0 Å². The highest BCUT2D eigenvalue weighted by atomic mass is 16.5. The van der Waals surface area contributed by atoms with E-state index in [1.165, 1.54) is 17.7 Å². The first kappa shape index (κ1) is 12.6. The minimum absolute atomic E-state index is 0.595. The second-order valence-electron chi connectivity index (χ2n) is 4.85. The van der Waals surface area contributed by atoms with Crippen LogP contribution < -0.4 is 5.73 Å². The molecule has 1 aromatic rings. The lowest BCUT2D eigenvalue weighted by atomic mass is 9.92. The van der Waals surface area contributed by atoms with E-state index in [4.69, 9.17) is 10.5 Å². The molecule has 0 spiro atoms. The van der Waals surface area contributed by atoms with Gasteiger partial charge in [0.2, 0.25) is 0 Å². The number of ether oxygens (including phenoxy) is 1. The van der Waals surface area contributed by atoms with Gasteiger partial charge in [-0.25, -0.2) is 0 Å². The van der Waals surface area contributed by atoms with Crippen LogP contribution in [0.4, 0.5) is 0 Å². The summed E-state index contributed by atoms with van der Waals surface area (Å²) in [6.45, 7) is 2.54. The molecule has 4 heteroatoms. The molecule has 1 aliphatic heterocycles. The Labute approximate surface area is 103 Å². The predicted octanol–water partition coefficient (Wildman–Crippen LogP) is 1.60. The lowest BCUT2D eigenvalue weighted by molar-refractivity contribution is 0.0842. The maximum atomic E-state index is 5.54. The van der Waals surface area contributed by atoms with Crippen molar-refractivity contribution in [2.45, 2.75) is 38.0 Å². The molecule has 0 radical (unpaired) electrons. The summed E-state index contributed by atoms with van der Waals surface area (Å²) in [5.74, 6) is 0.595. The van der Waals surface area contributed by atoms with Crippen molar-refractivity contribution in [1.82, 2.24) is 9.78 Å². The third-order valence-corrected chi connectivity index (χ3v) is 3.45. The average Bonchev–Trinajstić information content (AvgIpc) is 2.72. The third-order valence-electron chi connectivity index (χ3n) is 3.45. The number of aryl methyl sites for hydroxylation is 2. The van der Waals surface area contributed by atoms with Gasteiger partial charge in [0.1, 0.15) is 0 Å². The average molecular weight is 237 g/mol. The molecule has 17 heavy (non-hydrogen) atoms. The van der Waals surface area contributed by atoms with Crippen LogP contribution in [0.15, 0.2) is 6.20 Å². The van der Waals surface area contributed by atoms with Gasteiger partial charge in [0.25, 0.3) is 0 Å². The van der Waals surface area contributed by atoms with Crippen LogP contribution in [0.1, 0.15) is 42.9 Å². The number of hydrogen-bond acceptors (Lipinski definition) is 3. The molecule has 1 aliphatic rings. The van der Waals surface area contributed by atoms with E-state index in [0.29, 0.717) is 5.92 Å². The number of rotatable bonds is 5. The molecular formula is C13H23N3O. The zero-order chi connectivity index (χ0) is 12.1. The van der Waals surface area contributed by atoms with E-state index in [9.17, 15) is 0 Å². The predicted molar refractivity (Wildman–Crippen MR) is 68.0 cm³/mol. The highest BCUT2D eigenvalue weighted by Crippen LogP contribution is 2.28. The Morgan fingerprint density at radius 1 is 1.41 bits per heavy atom. The van der Waals surface area contributed by atoms with Crippen LogP contribution in [0, 0.1) is 0 Å². The summed E-state index contributed by atoms with van der Waals surface area (Å²) in [6, 6.07) is 0. The summed E-state index contributed by atoms with van der Waals surface area (Å²) < 4.78 is 7.36. The second kappa shape index (κ2) is 6.17. The van der Waals surface area contributed by atoms with Crippen molar-refractivity contribution in [1.29, 1.82) is 0 Å². The molecule has 2 heterocycles. The monoisotopic (exact) mass is 237 g/mol. The summed E-state index contributed by atoms with van der Waals surface area (Å²) in [5.41, 5.74) is 8.25. The van der Waals surface area contributed by atoms with E-state index < -0.39 is 0 Å². The molecule has 0 bridgehead atoms. The zero-order valence-electron chi connectivity index (χ0n) is 10.7. The van der Waals surface area contributed by atoms with E-state index in [1.54, 1.807) is 0 Å². The van der Waals surface area contributed by atoms with Crippen LogP contribution in [0.3, 0.4) is 0 Å². The van der Waals surface area contributed by atoms with Crippen LogP contribution >= 0.6 is 0 Å². The fourth-order valence-corrected chi connectivity index (χ4v) is 2.52. The molecule has 2 rings (SSSR count). The molecule has 0 aromatic carbocycles. The van der Waals surface area contributed by atoms with E-state index in [0.717, 1.165) is 45.4 Å². The largest absolute Gasteiger partial charge is 0.381 e. The maximum absolute atomic E-state index is 5.54. The van der Waals surface area contributed by atoms with Crippen LogP contribution in [-0.2, 0) is 18.2 Å². The first-order chi connectivity index (χ1) is 8.31. The van der Waals surface area contributed by atoms with Gasteiger partial charge in [0.15, 0.2) is 0 Å². The molecule has 0 aliphatic carbocycles. The molecule has 0 amide bonds. The quantitative estimate of drug-likeness (QED) is 0.791. The number of aromatic nitrogens is 2. The molecule has 0 saturated carbocycles. The Kier molecular flexibility index (Phi) is 4.57. The topological polar surface area (TPSA) is 53.1 Å². The van der Waals surface area contributed by atoms with E-state index in [-0.39, 0.29) is 0 Å². The minimum Gasteiger partial charge on any atom is -0.381 e. The SMILES string of the molecule is Cn1cc(CCCCN)c(C2CCOCC2)n1. The Bertz CT molecular complexity index is 342. The maximum Gasteiger partial charge on any atom is 0.0689 e. The molecule has 0 unspecified atom stereocenters. The van der Waals surface area contributed by atoms with Gasteiger partial charge in [0, 0.05) is 32.4 Å². The molecule has 1 aromatic heterocycles. The standard InChI is InChI=1S/C13H23N3O/c1-16-10-12(4-2-3-7-14)13(15-16)11-5-8-17-9-6-11/h10-11H,2-9,14H2,1H3. The van der Waals surface area contributed by atoms with Crippen molar-refractivity contribution in [2.75, 3.05) is 19.8 Å². The van der Waals surface area contributed by atoms with E-state index in [2.05, 4.69) is 11.3 Å². The summed E-state index contributed by atoms with van der Waals surface area (Å²) in [4.78, 5) is 0. The fraction of sp³-hybridized carbons (Fsp3) is 0.769. The van der Waals surface area contributed by atoms with Gasteiger partial charge in [-0.15, -0.1) is 0 Å². The van der Waals surface area contributed by atoms with Crippen molar-refractivity contribution >= 4 is 0 Å². The highest BCUT2D eigenvalue weighted by Gasteiger charge is 2.21. The van der Waals surface area contributed by atoms with Crippen LogP contribution in [0.5, 0.6) is 0 Å². The van der Waals surface area contributed by atoms with Crippen molar-refractivity contribution in [3.05, 3.63) is 17.5 Å². The Morgan fingerprint density at radius 3 is 2.88 bits per heavy atom. The van der Waals surface area contributed by atoms with Gasteiger partial charge in [0.05, 0.1) is 5.69 Å². The highest BCUT2D eigenvalue weighted by molar-refractivity contribution is 5.21. The molecule has 0 atom stereocenters. The number of hydrogen-bond donors (Lipinski definition) is 1. The molecular weight excluding hydrogens is 214 g/mol. The number of nitrogens with two attached hydrogens (primary N) is 1. The van der Waals surface area contributed by atoms with Gasteiger partial charge in [-0.05, 0) is 44.2 Å². The van der Waals surface area contributed by atoms with Crippen molar-refractivity contribution in [3.8, 4) is 0 Å². The van der Waals surface area contributed by atoms with Crippen molar-refractivity contribution in [3.63, 3.8) is 0 Å². The van der Waals surface area contributed by atoms with Gasteiger partial charge in [-0.3, -0.25) is 4.68 Å².